The molecule has 2 aliphatic rings. The minimum Gasteiger partial charge on any atom is -0.481 e. The number of hydrogen-bond acceptors (Lipinski definition) is 7. The van der Waals surface area contributed by atoms with Gasteiger partial charge in [-0.15, -0.1) is 0 Å². The van der Waals surface area contributed by atoms with E-state index in [1.165, 1.54) is 21.6 Å². The maximum Gasteiger partial charge on any atom is 0.336 e. The lowest BCUT2D eigenvalue weighted by atomic mass is 9.75. The third-order valence-electron chi connectivity index (χ3n) is 9.55. The number of amides is 2. The summed E-state index contributed by atoms with van der Waals surface area (Å²) in [6.45, 7) is 0.361. The Bertz CT molecular complexity index is 1930. The fourth-order valence-electron chi connectivity index (χ4n) is 6.85. The zero-order valence-electron chi connectivity index (χ0n) is 27.8. The Morgan fingerprint density at radius 2 is 1.40 bits per heavy atom. The quantitative estimate of drug-likeness (QED) is 0.138. The maximum atomic E-state index is 13.0. The Kier molecular flexibility index (Phi) is 10.3. The van der Waals surface area contributed by atoms with Gasteiger partial charge in [0.2, 0.25) is 0 Å². The van der Waals surface area contributed by atoms with Gasteiger partial charge in [0.1, 0.15) is 0 Å². The van der Waals surface area contributed by atoms with Crippen LogP contribution < -0.4 is 0 Å². The number of allylic oxidation sites excluding steroid dienone is 1. The van der Waals surface area contributed by atoms with Crippen molar-refractivity contribution in [2.75, 3.05) is 20.6 Å². The van der Waals surface area contributed by atoms with Crippen molar-refractivity contribution in [2.24, 2.45) is 0 Å². The van der Waals surface area contributed by atoms with Crippen molar-refractivity contribution in [2.45, 2.75) is 49.7 Å². The van der Waals surface area contributed by atoms with Crippen LogP contribution >= 0.6 is 0 Å². The number of aliphatic hydroxyl groups is 1. The van der Waals surface area contributed by atoms with Crippen LogP contribution in [0.3, 0.4) is 0 Å². The number of aromatic amines is 1. The van der Waals surface area contributed by atoms with Crippen LogP contribution in [0.1, 0.15) is 69.6 Å². The number of nitrogens with zero attached hydrogens (tertiary/aromatic N) is 2. The molecule has 1 aromatic heterocycles. The summed E-state index contributed by atoms with van der Waals surface area (Å²) in [7, 11) is 4.34. The van der Waals surface area contributed by atoms with Crippen LogP contribution in [-0.4, -0.2) is 91.2 Å². The number of para-hydroxylation sites is 1. The zero-order chi connectivity index (χ0) is 36.2. The number of rotatable bonds is 11. The molecule has 1 aliphatic carbocycles. The summed E-state index contributed by atoms with van der Waals surface area (Å²) in [6, 6.07) is 26.2. The highest BCUT2D eigenvalue weighted by atomic mass is 16.4. The van der Waals surface area contributed by atoms with E-state index in [-0.39, 0.29) is 17.4 Å². The fraction of sp³-hybridized carbons (Fsp3) is 0.289. The van der Waals surface area contributed by atoms with E-state index in [4.69, 9.17) is 20.4 Å². The number of aromatic nitrogens is 1. The molecule has 0 bridgehead atoms. The predicted octanol–water partition coefficient (Wildman–Crippen LogP) is 4.78. The standard InChI is InChI=1S/C32H31N3O2.C6H8O7/c1-34(2)32(23-10-4-3-5-11-23)19-16-22(17-20-32)29-25(24-12-8-9-15-28(24)33-29)18-21-35-30(36)26-13-6-7-14-27(26)31(35)37;7-3(8)1-6(13,5(11)12)2-4(9)10/h3-16,33H,17-21H2,1-2H3;13H,1-2H2,(H,7,8)(H,9,10)(H,11,12). The molecule has 2 heterocycles. The van der Waals surface area contributed by atoms with Gasteiger partial charge in [-0.1, -0.05) is 66.7 Å². The number of carboxylic acids is 3. The van der Waals surface area contributed by atoms with Gasteiger partial charge in [-0.05, 0) is 74.7 Å². The molecule has 0 saturated heterocycles. The van der Waals surface area contributed by atoms with E-state index in [0.29, 0.717) is 24.1 Å². The number of carbonyl (C=O) groups excluding carboxylic acids is 2. The van der Waals surface area contributed by atoms with E-state index in [1.807, 2.05) is 24.3 Å². The number of hydrogen-bond donors (Lipinski definition) is 5. The van der Waals surface area contributed by atoms with Gasteiger partial charge in [-0.25, -0.2) is 4.79 Å². The largest absolute Gasteiger partial charge is 0.481 e. The van der Waals surface area contributed by atoms with E-state index in [9.17, 15) is 24.0 Å². The molecular formula is C38H39N3O9. The Balaban J connectivity index is 0.000000320. The Morgan fingerprint density at radius 3 is 1.92 bits per heavy atom. The van der Waals surface area contributed by atoms with Gasteiger partial charge >= 0.3 is 17.9 Å². The molecular weight excluding hydrogens is 642 g/mol. The number of H-pyrrole nitrogens is 1. The second-order valence-electron chi connectivity index (χ2n) is 12.8. The first kappa shape index (κ1) is 35.7. The molecule has 5 N–H and O–H groups in total. The lowest BCUT2D eigenvalue weighted by Gasteiger charge is -2.43. The molecule has 4 aromatic rings. The zero-order valence-corrected chi connectivity index (χ0v) is 27.8. The number of carbonyl (C=O) groups is 5. The van der Waals surface area contributed by atoms with Gasteiger partial charge in [-0.3, -0.25) is 29.0 Å². The molecule has 0 radical (unpaired) electrons. The molecule has 6 rings (SSSR count). The van der Waals surface area contributed by atoms with E-state index >= 15 is 0 Å². The lowest BCUT2D eigenvalue weighted by Crippen LogP contribution is -2.42. The molecule has 12 nitrogen and oxygen atoms in total. The van der Waals surface area contributed by atoms with Crippen molar-refractivity contribution in [3.8, 4) is 0 Å². The smallest absolute Gasteiger partial charge is 0.336 e. The van der Waals surface area contributed by atoms with Gasteiger partial charge in [0.05, 0.1) is 24.0 Å². The highest BCUT2D eigenvalue weighted by Gasteiger charge is 2.41. The second kappa shape index (κ2) is 14.5. The lowest BCUT2D eigenvalue weighted by molar-refractivity contribution is -0.170. The van der Waals surface area contributed by atoms with Gasteiger partial charge in [0, 0.05) is 28.7 Å². The van der Waals surface area contributed by atoms with Crippen LogP contribution in [0.4, 0.5) is 0 Å². The molecule has 0 fully saturated rings. The average Bonchev–Trinajstić information content (AvgIpc) is 3.57. The highest BCUT2D eigenvalue weighted by molar-refractivity contribution is 6.21. The van der Waals surface area contributed by atoms with Crippen molar-refractivity contribution < 1.29 is 44.4 Å². The van der Waals surface area contributed by atoms with E-state index in [0.717, 1.165) is 35.9 Å². The topological polar surface area (TPSA) is 189 Å². The number of imide groups is 1. The maximum absolute atomic E-state index is 13.0. The minimum atomic E-state index is -2.74. The molecule has 2 amide bonds. The summed E-state index contributed by atoms with van der Waals surface area (Å²) in [5.74, 6) is -5.41. The molecule has 0 saturated carbocycles. The number of aliphatic carboxylic acids is 3. The first-order valence-electron chi connectivity index (χ1n) is 16.1. The van der Waals surface area contributed by atoms with E-state index in [2.05, 4.69) is 72.5 Å². The molecule has 0 spiro atoms. The van der Waals surface area contributed by atoms with Crippen molar-refractivity contribution >= 4 is 46.2 Å². The Hall–Kier alpha value is -5.59. The molecule has 50 heavy (non-hydrogen) atoms. The SMILES string of the molecule is CN(C)C1(c2ccccc2)CC=C(c2[nH]c3ccccc3c2CCN2C(=O)c3ccccc3C2=O)CC1.O=C(O)CC(O)(CC(=O)O)C(=O)O. The van der Waals surface area contributed by atoms with E-state index in [1.54, 1.807) is 12.1 Å². The summed E-state index contributed by atoms with van der Waals surface area (Å²) in [4.78, 5) is 63.8. The van der Waals surface area contributed by atoms with Crippen molar-refractivity contribution in [1.29, 1.82) is 0 Å². The summed E-state index contributed by atoms with van der Waals surface area (Å²) < 4.78 is 0. The third-order valence-corrected chi connectivity index (χ3v) is 9.55. The molecule has 260 valence electrons. The second-order valence-corrected chi connectivity index (χ2v) is 12.8. The summed E-state index contributed by atoms with van der Waals surface area (Å²) >= 11 is 0. The molecule has 1 atom stereocenters. The molecule has 1 unspecified atom stereocenters. The first-order chi connectivity index (χ1) is 23.8. The van der Waals surface area contributed by atoms with Crippen LogP contribution in [-0.2, 0) is 26.3 Å². The fourth-order valence-corrected chi connectivity index (χ4v) is 6.85. The number of fused-ring (bicyclic) bond motifs is 2. The molecule has 3 aromatic carbocycles. The van der Waals surface area contributed by atoms with Gasteiger partial charge in [0.25, 0.3) is 11.8 Å². The Labute approximate surface area is 288 Å². The number of benzene rings is 3. The highest BCUT2D eigenvalue weighted by Crippen LogP contribution is 2.44. The van der Waals surface area contributed by atoms with Gasteiger partial charge < -0.3 is 25.4 Å². The summed E-state index contributed by atoms with van der Waals surface area (Å²) in [5.41, 5.74) is 4.29. The van der Waals surface area contributed by atoms with Crippen LogP contribution in [0.15, 0.2) is 84.9 Å². The average molecular weight is 682 g/mol. The van der Waals surface area contributed by atoms with Crippen molar-refractivity contribution in [1.82, 2.24) is 14.8 Å². The monoisotopic (exact) mass is 681 g/mol. The first-order valence-corrected chi connectivity index (χ1v) is 16.1. The number of nitrogens with one attached hydrogen (secondary N) is 1. The van der Waals surface area contributed by atoms with Crippen LogP contribution in [0.2, 0.25) is 0 Å². The normalized spacial score (nSPS) is 17.3. The summed E-state index contributed by atoms with van der Waals surface area (Å²) in [6.07, 6.45) is 3.59. The van der Waals surface area contributed by atoms with Crippen LogP contribution in [0.5, 0.6) is 0 Å². The molecule has 12 heteroatoms. The number of carboxylic acid groups (broad SMARTS) is 3. The van der Waals surface area contributed by atoms with Crippen molar-refractivity contribution in [3.63, 3.8) is 0 Å². The summed E-state index contributed by atoms with van der Waals surface area (Å²) in [5, 5.41) is 35.0. The predicted molar refractivity (Wildman–Crippen MR) is 185 cm³/mol. The minimum absolute atomic E-state index is 0.0307. The third kappa shape index (κ3) is 7.07. The van der Waals surface area contributed by atoms with E-state index < -0.39 is 36.4 Å². The Morgan fingerprint density at radius 1 is 0.840 bits per heavy atom. The van der Waals surface area contributed by atoms with Gasteiger partial charge in [-0.2, -0.15) is 0 Å². The van der Waals surface area contributed by atoms with Crippen LogP contribution in [0.25, 0.3) is 16.5 Å². The van der Waals surface area contributed by atoms with Crippen LogP contribution in [0, 0.1) is 0 Å². The van der Waals surface area contributed by atoms with Gasteiger partial charge in [0.15, 0.2) is 5.60 Å². The van der Waals surface area contributed by atoms with Crippen molar-refractivity contribution in [3.05, 3.63) is 113 Å². The molecule has 1 aliphatic heterocycles.